The van der Waals surface area contributed by atoms with E-state index in [1.807, 2.05) is 33.8 Å². The molecule has 0 saturated heterocycles. The molecule has 0 aliphatic carbocycles. The third-order valence-corrected chi connectivity index (χ3v) is 5.05. The lowest BCUT2D eigenvalue weighted by atomic mass is 10.0. The molecule has 0 saturated carbocycles. The first-order valence-corrected chi connectivity index (χ1v) is 11.9. The Morgan fingerprint density at radius 3 is 1.73 bits per heavy atom. The molecule has 9 heteroatoms. The monoisotopic (exact) mass is 474 g/mol. The van der Waals surface area contributed by atoms with Crippen molar-refractivity contribution in [3.05, 3.63) is 57.6 Å². The van der Waals surface area contributed by atoms with Crippen molar-refractivity contribution in [2.75, 3.05) is 23.4 Å². The minimum Gasteiger partial charge on any atom is -0.453 e. The second-order valence-electron chi connectivity index (χ2n) is 7.26. The zero-order chi connectivity index (χ0) is 23.1. The number of hydrogen-bond donors (Lipinski definition) is 2. The van der Waals surface area contributed by atoms with E-state index in [9.17, 15) is 13.2 Å². The van der Waals surface area contributed by atoms with Crippen molar-refractivity contribution in [3.63, 3.8) is 0 Å². The molecule has 2 N–H and O–H groups in total. The highest BCUT2D eigenvalue weighted by atomic mass is 35.5. The van der Waals surface area contributed by atoms with Crippen LogP contribution in [-0.2, 0) is 14.8 Å². The third-order valence-electron chi connectivity index (χ3n) is 3.99. The number of methoxy groups -OCH3 is 1. The normalized spacial score (nSPS) is 11.0. The van der Waals surface area contributed by atoms with Crippen LogP contribution in [0.3, 0.4) is 0 Å². The van der Waals surface area contributed by atoms with Crippen LogP contribution in [0.4, 0.5) is 16.2 Å². The van der Waals surface area contributed by atoms with Crippen LogP contribution in [0.25, 0.3) is 0 Å². The summed E-state index contributed by atoms with van der Waals surface area (Å²) in [4.78, 5) is 11.1. The molecule has 0 spiro atoms. The van der Waals surface area contributed by atoms with Gasteiger partial charge in [-0.2, -0.15) is 0 Å². The van der Waals surface area contributed by atoms with Crippen LogP contribution in [0.2, 0.25) is 10.0 Å². The maximum absolute atomic E-state index is 11.1. The minimum atomic E-state index is -3.24. The molecule has 0 aromatic heterocycles. The van der Waals surface area contributed by atoms with Crippen molar-refractivity contribution in [3.8, 4) is 0 Å². The van der Waals surface area contributed by atoms with Crippen molar-refractivity contribution in [1.29, 1.82) is 0 Å². The fraction of sp³-hybridized carbons (Fsp3) is 0.381. The van der Waals surface area contributed by atoms with Gasteiger partial charge in [0.2, 0.25) is 10.0 Å². The van der Waals surface area contributed by atoms with Gasteiger partial charge in [-0.3, -0.25) is 10.0 Å². The van der Waals surface area contributed by atoms with E-state index in [0.29, 0.717) is 15.7 Å². The van der Waals surface area contributed by atoms with E-state index in [1.165, 1.54) is 7.11 Å². The summed E-state index contributed by atoms with van der Waals surface area (Å²) >= 11 is 11.7. The molecule has 0 heterocycles. The van der Waals surface area contributed by atoms with Crippen LogP contribution in [0, 0.1) is 0 Å². The number of carbonyl (C=O) groups is 1. The number of benzene rings is 2. The zero-order valence-electron chi connectivity index (χ0n) is 17.9. The Kier molecular flexibility index (Phi) is 9.94. The molecular formula is C21H28Cl2N2O4S. The minimum absolute atomic E-state index is 0.216. The van der Waals surface area contributed by atoms with Crippen molar-refractivity contribution >= 4 is 50.7 Å². The van der Waals surface area contributed by atoms with Crippen LogP contribution in [-0.4, -0.2) is 27.9 Å². The molecule has 0 bridgehead atoms. The molecule has 2 aromatic carbocycles. The molecule has 166 valence electrons. The van der Waals surface area contributed by atoms with E-state index in [4.69, 9.17) is 23.2 Å². The van der Waals surface area contributed by atoms with Gasteiger partial charge in [-0.25, -0.2) is 13.2 Å². The largest absolute Gasteiger partial charge is 0.453 e. The third kappa shape index (κ3) is 8.81. The fourth-order valence-corrected chi connectivity index (χ4v) is 3.54. The summed E-state index contributed by atoms with van der Waals surface area (Å²) in [6.45, 7) is 8.04. The molecule has 0 aliphatic heterocycles. The summed E-state index contributed by atoms with van der Waals surface area (Å²) in [5.74, 6) is 0.504. The number of sulfonamides is 1. The van der Waals surface area contributed by atoms with Crippen LogP contribution >= 0.6 is 23.2 Å². The van der Waals surface area contributed by atoms with Gasteiger partial charge < -0.3 is 4.74 Å². The lowest BCUT2D eigenvalue weighted by molar-refractivity contribution is 0.187. The highest BCUT2D eigenvalue weighted by molar-refractivity contribution is 7.92. The Hall–Kier alpha value is -1.96. The van der Waals surface area contributed by atoms with Gasteiger partial charge in [0.15, 0.2) is 0 Å². The van der Waals surface area contributed by atoms with Gasteiger partial charge in [0.25, 0.3) is 0 Å². The van der Waals surface area contributed by atoms with Crippen LogP contribution in [0.15, 0.2) is 36.4 Å². The lowest BCUT2D eigenvalue weighted by Crippen LogP contribution is -2.12. The number of nitrogens with one attached hydrogen (secondary N) is 2. The summed E-state index contributed by atoms with van der Waals surface area (Å²) in [5.41, 5.74) is 3.22. The first-order valence-electron chi connectivity index (χ1n) is 9.25. The lowest BCUT2D eigenvalue weighted by Gasteiger charge is -2.13. The summed E-state index contributed by atoms with van der Waals surface area (Å²) < 4.78 is 29.2. The molecule has 0 atom stereocenters. The zero-order valence-corrected chi connectivity index (χ0v) is 20.2. The molecule has 2 rings (SSSR count). The smallest absolute Gasteiger partial charge is 0.411 e. The Bertz CT molecular complexity index is 977. The first-order chi connectivity index (χ1) is 13.8. The molecular weight excluding hydrogens is 447 g/mol. The molecule has 30 heavy (non-hydrogen) atoms. The molecule has 0 fully saturated rings. The van der Waals surface area contributed by atoms with Gasteiger partial charge in [0.1, 0.15) is 0 Å². The fourth-order valence-electron chi connectivity index (χ4n) is 2.59. The van der Waals surface area contributed by atoms with Gasteiger partial charge in [-0.15, -0.1) is 0 Å². The summed E-state index contributed by atoms with van der Waals surface area (Å²) in [7, 11) is -1.91. The van der Waals surface area contributed by atoms with Gasteiger partial charge in [0, 0.05) is 15.7 Å². The number of rotatable bonds is 5. The average Bonchev–Trinajstić information content (AvgIpc) is 2.63. The summed E-state index contributed by atoms with van der Waals surface area (Å²) in [5, 5.41) is 3.92. The van der Waals surface area contributed by atoms with Crippen LogP contribution < -0.4 is 10.0 Å². The van der Waals surface area contributed by atoms with E-state index in [2.05, 4.69) is 14.8 Å². The average molecular weight is 475 g/mol. The summed E-state index contributed by atoms with van der Waals surface area (Å²) in [6, 6.07) is 10.5. The predicted octanol–water partition coefficient (Wildman–Crippen LogP) is 6.48. The SMILES string of the molecule is CC(C)c1cc(Cl)ccc1NS(C)(=O)=O.COC(=O)Nc1ccc(Cl)cc1C(C)C. The maximum atomic E-state index is 11.1. The standard InChI is InChI=1S/C11H14ClNO2.C10H14ClNO2S/c1-7(2)9-6-8(12)4-5-10(9)13-11(14)15-3;1-7(2)9-6-8(11)4-5-10(9)12-15(3,13)14/h4-7H,1-3H3,(H,13,14);4-7,12H,1-3H3. The number of halogens is 2. The van der Waals surface area contributed by atoms with Gasteiger partial charge >= 0.3 is 6.09 Å². The quantitative estimate of drug-likeness (QED) is 0.519. The van der Waals surface area contributed by atoms with Crippen LogP contribution in [0.1, 0.15) is 50.7 Å². The topological polar surface area (TPSA) is 84.5 Å². The number of ether oxygens (including phenoxy) is 1. The number of carbonyl (C=O) groups excluding carboxylic acids is 1. The molecule has 0 radical (unpaired) electrons. The van der Waals surface area contributed by atoms with E-state index < -0.39 is 16.1 Å². The van der Waals surface area contributed by atoms with Gasteiger partial charge in [-0.1, -0.05) is 50.9 Å². The summed E-state index contributed by atoms with van der Waals surface area (Å²) in [6.07, 6.45) is 0.658. The van der Waals surface area contributed by atoms with E-state index in [1.54, 1.807) is 30.3 Å². The van der Waals surface area contributed by atoms with Crippen molar-refractivity contribution < 1.29 is 17.9 Å². The molecule has 0 unspecified atom stereocenters. The van der Waals surface area contributed by atoms with Crippen molar-refractivity contribution in [2.24, 2.45) is 0 Å². The number of amides is 1. The molecule has 1 amide bonds. The Balaban J connectivity index is 0.000000300. The maximum Gasteiger partial charge on any atom is 0.411 e. The van der Waals surface area contributed by atoms with Crippen molar-refractivity contribution in [2.45, 2.75) is 39.5 Å². The van der Waals surface area contributed by atoms with Gasteiger partial charge in [-0.05, 0) is 59.4 Å². The Labute approximate surface area is 189 Å². The number of hydrogen-bond acceptors (Lipinski definition) is 4. The highest BCUT2D eigenvalue weighted by Gasteiger charge is 2.11. The Morgan fingerprint density at radius 2 is 1.33 bits per heavy atom. The second-order valence-corrected chi connectivity index (χ2v) is 9.88. The van der Waals surface area contributed by atoms with E-state index in [-0.39, 0.29) is 11.8 Å². The van der Waals surface area contributed by atoms with E-state index >= 15 is 0 Å². The first kappa shape index (κ1) is 26.1. The molecule has 6 nitrogen and oxygen atoms in total. The molecule has 0 aliphatic rings. The van der Waals surface area contributed by atoms with E-state index in [0.717, 1.165) is 23.1 Å². The van der Waals surface area contributed by atoms with Gasteiger partial charge in [0.05, 0.1) is 19.1 Å². The predicted molar refractivity (Wildman–Crippen MR) is 126 cm³/mol. The second kappa shape index (κ2) is 11.4. The highest BCUT2D eigenvalue weighted by Crippen LogP contribution is 2.28. The molecule has 2 aromatic rings. The van der Waals surface area contributed by atoms with Crippen LogP contribution in [0.5, 0.6) is 0 Å². The number of anilines is 2. The Morgan fingerprint density at radius 1 is 0.900 bits per heavy atom. The van der Waals surface area contributed by atoms with Crippen molar-refractivity contribution in [1.82, 2.24) is 0 Å².